The maximum absolute atomic E-state index is 11.5. The van der Waals surface area contributed by atoms with E-state index in [9.17, 15) is 4.79 Å². The molecule has 0 spiro atoms. The van der Waals surface area contributed by atoms with E-state index in [2.05, 4.69) is 10.3 Å². The third-order valence-corrected chi connectivity index (χ3v) is 2.52. The molecule has 0 saturated heterocycles. The number of carbonyl (C=O) groups excluding carboxylic acids is 1. The molecule has 4 heteroatoms. The molecule has 1 rings (SSSR count). The normalized spacial score (nSPS) is 10.5. The quantitative estimate of drug-likeness (QED) is 0.769. The van der Waals surface area contributed by atoms with Crippen molar-refractivity contribution in [3.63, 3.8) is 0 Å². The number of pyridine rings is 1. The Morgan fingerprint density at radius 2 is 2.12 bits per heavy atom. The minimum atomic E-state index is 0.101. The largest absolute Gasteiger partial charge is 0.355 e. The molecule has 1 aromatic rings. The van der Waals surface area contributed by atoms with Crippen LogP contribution in [0.25, 0.3) is 0 Å². The summed E-state index contributed by atoms with van der Waals surface area (Å²) >= 11 is 0. The Morgan fingerprint density at radius 3 is 2.76 bits per heavy atom. The highest BCUT2D eigenvalue weighted by atomic mass is 16.1. The van der Waals surface area contributed by atoms with Crippen molar-refractivity contribution in [1.29, 1.82) is 0 Å². The van der Waals surface area contributed by atoms with E-state index in [1.54, 1.807) is 12.4 Å². The van der Waals surface area contributed by atoms with Crippen molar-refractivity contribution < 1.29 is 4.79 Å². The molecule has 1 N–H and O–H groups in total. The molecule has 17 heavy (non-hydrogen) atoms. The van der Waals surface area contributed by atoms with Crippen LogP contribution in [-0.2, 0) is 11.2 Å². The fourth-order valence-electron chi connectivity index (χ4n) is 1.51. The summed E-state index contributed by atoms with van der Waals surface area (Å²) in [5, 5.41) is 2.87. The van der Waals surface area contributed by atoms with Gasteiger partial charge in [-0.15, -0.1) is 0 Å². The Hall–Kier alpha value is -1.42. The molecule has 0 radical (unpaired) electrons. The molecular weight excluding hydrogens is 214 g/mol. The standard InChI is InChI=1S/C13H21N3O/c1-3-7-15-13(17)11-16(2)10-6-12-4-8-14-9-5-12/h4-5,8-9H,3,6-7,10-11H2,1-2H3,(H,15,17). The second kappa shape index (κ2) is 7.79. The number of carbonyl (C=O) groups is 1. The Bertz CT molecular complexity index is 327. The van der Waals surface area contributed by atoms with Gasteiger partial charge >= 0.3 is 0 Å². The highest BCUT2D eigenvalue weighted by molar-refractivity contribution is 5.77. The van der Waals surface area contributed by atoms with Crippen LogP contribution in [0.4, 0.5) is 0 Å². The molecule has 0 aliphatic carbocycles. The predicted molar refractivity (Wildman–Crippen MR) is 68.7 cm³/mol. The van der Waals surface area contributed by atoms with Crippen molar-refractivity contribution in [3.05, 3.63) is 30.1 Å². The first-order valence-electron chi connectivity index (χ1n) is 6.06. The van der Waals surface area contributed by atoms with Gasteiger partial charge in [0.15, 0.2) is 0 Å². The number of likely N-dealkylation sites (N-methyl/N-ethyl adjacent to an activating group) is 1. The van der Waals surface area contributed by atoms with E-state index in [4.69, 9.17) is 0 Å². The van der Waals surface area contributed by atoms with Crippen molar-refractivity contribution in [2.24, 2.45) is 0 Å². The highest BCUT2D eigenvalue weighted by Gasteiger charge is 2.05. The van der Waals surface area contributed by atoms with Crippen molar-refractivity contribution in [1.82, 2.24) is 15.2 Å². The van der Waals surface area contributed by atoms with Crippen LogP contribution in [0.3, 0.4) is 0 Å². The second-order valence-corrected chi connectivity index (χ2v) is 4.19. The number of nitrogens with one attached hydrogen (secondary N) is 1. The predicted octanol–water partition coefficient (Wildman–Crippen LogP) is 1.08. The van der Waals surface area contributed by atoms with Gasteiger partial charge in [0.05, 0.1) is 6.54 Å². The van der Waals surface area contributed by atoms with E-state index in [0.29, 0.717) is 6.54 Å². The molecule has 0 aromatic carbocycles. The van der Waals surface area contributed by atoms with Crippen LogP contribution in [-0.4, -0.2) is 42.5 Å². The smallest absolute Gasteiger partial charge is 0.234 e. The van der Waals surface area contributed by atoms with E-state index in [-0.39, 0.29) is 5.91 Å². The Kier molecular flexibility index (Phi) is 6.25. The Balaban J connectivity index is 2.21. The summed E-state index contributed by atoms with van der Waals surface area (Å²) in [4.78, 5) is 17.5. The van der Waals surface area contributed by atoms with Crippen LogP contribution in [0.2, 0.25) is 0 Å². The van der Waals surface area contributed by atoms with Gasteiger partial charge in [-0.05, 0) is 37.6 Å². The summed E-state index contributed by atoms with van der Waals surface area (Å²) in [6, 6.07) is 4.01. The first-order chi connectivity index (χ1) is 8.22. The maximum Gasteiger partial charge on any atom is 0.234 e. The van der Waals surface area contributed by atoms with Gasteiger partial charge < -0.3 is 5.32 Å². The molecule has 0 bridgehead atoms. The molecule has 0 aliphatic heterocycles. The van der Waals surface area contributed by atoms with Crippen molar-refractivity contribution in [2.75, 3.05) is 26.7 Å². The summed E-state index contributed by atoms with van der Waals surface area (Å²) in [6.45, 7) is 4.15. The van der Waals surface area contributed by atoms with E-state index < -0.39 is 0 Å². The van der Waals surface area contributed by atoms with Gasteiger partial charge in [-0.25, -0.2) is 0 Å². The van der Waals surface area contributed by atoms with Crippen molar-refractivity contribution >= 4 is 5.91 Å². The maximum atomic E-state index is 11.5. The van der Waals surface area contributed by atoms with E-state index in [1.165, 1.54) is 5.56 Å². The van der Waals surface area contributed by atoms with Crippen LogP contribution < -0.4 is 5.32 Å². The summed E-state index contributed by atoms with van der Waals surface area (Å²) in [7, 11) is 1.96. The molecule has 0 fully saturated rings. The first kappa shape index (κ1) is 13.6. The van der Waals surface area contributed by atoms with Gasteiger partial charge in [-0.3, -0.25) is 14.7 Å². The molecule has 1 amide bonds. The number of hydrogen-bond donors (Lipinski definition) is 1. The average Bonchev–Trinajstić information content (AvgIpc) is 2.35. The summed E-state index contributed by atoms with van der Waals surface area (Å²) in [5.74, 6) is 0.101. The summed E-state index contributed by atoms with van der Waals surface area (Å²) in [5.41, 5.74) is 1.25. The molecule has 0 aliphatic rings. The Labute approximate surface area is 103 Å². The molecule has 1 aromatic heterocycles. The van der Waals surface area contributed by atoms with Crippen LogP contribution >= 0.6 is 0 Å². The van der Waals surface area contributed by atoms with E-state index >= 15 is 0 Å². The summed E-state index contributed by atoms with van der Waals surface area (Å²) < 4.78 is 0. The molecule has 0 unspecified atom stereocenters. The first-order valence-corrected chi connectivity index (χ1v) is 6.06. The molecule has 1 heterocycles. The van der Waals surface area contributed by atoms with E-state index in [0.717, 1.165) is 25.9 Å². The van der Waals surface area contributed by atoms with Crippen LogP contribution in [0, 0.1) is 0 Å². The number of aromatic nitrogens is 1. The van der Waals surface area contributed by atoms with Crippen LogP contribution in [0.5, 0.6) is 0 Å². The zero-order valence-electron chi connectivity index (χ0n) is 10.6. The lowest BCUT2D eigenvalue weighted by Crippen LogP contribution is -2.36. The lowest BCUT2D eigenvalue weighted by molar-refractivity contribution is -0.121. The minimum absolute atomic E-state index is 0.101. The fourth-order valence-corrected chi connectivity index (χ4v) is 1.51. The average molecular weight is 235 g/mol. The Morgan fingerprint density at radius 1 is 1.41 bits per heavy atom. The van der Waals surface area contributed by atoms with Crippen LogP contribution in [0.15, 0.2) is 24.5 Å². The lowest BCUT2D eigenvalue weighted by Gasteiger charge is -2.15. The monoisotopic (exact) mass is 235 g/mol. The number of amides is 1. The number of hydrogen-bond acceptors (Lipinski definition) is 3. The lowest BCUT2D eigenvalue weighted by atomic mass is 10.2. The highest BCUT2D eigenvalue weighted by Crippen LogP contribution is 1.98. The second-order valence-electron chi connectivity index (χ2n) is 4.19. The number of nitrogens with zero attached hydrogens (tertiary/aromatic N) is 2. The zero-order chi connectivity index (χ0) is 12.5. The fraction of sp³-hybridized carbons (Fsp3) is 0.538. The third kappa shape index (κ3) is 6.02. The van der Waals surface area contributed by atoms with Gasteiger partial charge in [0.1, 0.15) is 0 Å². The number of rotatable bonds is 7. The van der Waals surface area contributed by atoms with Gasteiger partial charge in [0.25, 0.3) is 0 Å². The molecule has 0 saturated carbocycles. The molecule has 0 atom stereocenters. The van der Waals surface area contributed by atoms with Crippen molar-refractivity contribution in [3.8, 4) is 0 Å². The van der Waals surface area contributed by atoms with Crippen LogP contribution in [0.1, 0.15) is 18.9 Å². The molecule has 4 nitrogen and oxygen atoms in total. The molecular formula is C13H21N3O. The minimum Gasteiger partial charge on any atom is -0.355 e. The summed E-state index contributed by atoms with van der Waals surface area (Å²) in [6.07, 6.45) is 5.51. The SMILES string of the molecule is CCCNC(=O)CN(C)CCc1ccncc1. The van der Waals surface area contributed by atoms with E-state index in [1.807, 2.05) is 31.0 Å². The molecule has 94 valence electrons. The van der Waals surface area contributed by atoms with Crippen molar-refractivity contribution in [2.45, 2.75) is 19.8 Å². The zero-order valence-corrected chi connectivity index (χ0v) is 10.6. The van der Waals surface area contributed by atoms with Gasteiger partial charge in [-0.2, -0.15) is 0 Å². The van der Waals surface area contributed by atoms with Gasteiger partial charge in [0.2, 0.25) is 5.91 Å². The third-order valence-electron chi connectivity index (χ3n) is 2.52. The topological polar surface area (TPSA) is 45.2 Å². The van der Waals surface area contributed by atoms with Gasteiger partial charge in [0, 0.05) is 25.5 Å². The van der Waals surface area contributed by atoms with Gasteiger partial charge in [-0.1, -0.05) is 6.92 Å².